The van der Waals surface area contributed by atoms with Gasteiger partial charge in [0.05, 0.1) is 11.2 Å². The summed E-state index contributed by atoms with van der Waals surface area (Å²) >= 11 is 0. The molecule has 6 heteroatoms. The first kappa shape index (κ1) is 16.0. The topological polar surface area (TPSA) is 46.1 Å². The minimum absolute atomic E-state index is 0.343. The van der Waals surface area contributed by atoms with Crippen molar-refractivity contribution in [2.45, 2.75) is 64.2 Å². The third-order valence-electron chi connectivity index (χ3n) is 5.67. The van der Waals surface area contributed by atoms with E-state index in [1.54, 1.807) is 6.20 Å². The molecule has 22 heavy (non-hydrogen) atoms. The van der Waals surface area contributed by atoms with Crippen LogP contribution >= 0.6 is 0 Å². The smallest absolute Gasteiger partial charge is 0.401 e. The van der Waals surface area contributed by atoms with Gasteiger partial charge >= 0.3 is 7.12 Å². The van der Waals surface area contributed by atoms with Gasteiger partial charge in [-0.05, 0) is 46.5 Å². The second-order valence-corrected chi connectivity index (χ2v) is 7.82. The van der Waals surface area contributed by atoms with E-state index in [0.29, 0.717) is 0 Å². The van der Waals surface area contributed by atoms with Crippen LogP contribution in [0.3, 0.4) is 0 Å². The molecule has 3 rings (SSSR count). The zero-order valence-corrected chi connectivity index (χ0v) is 14.4. The first-order chi connectivity index (χ1) is 10.3. The number of aliphatic imine (C=N–C) groups is 1. The zero-order valence-electron chi connectivity index (χ0n) is 14.4. The Morgan fingerprint density at radius 3 is 2.23 bits per heavy atom. The summed E-state index contributed by atoms with van der Waals surface area (Å²) in [6.07, 6.45) is 8.01. The molecular weight excluding hydrogens is 277 g/mol. The average molecular weight is 305 g/mol. The standard InChI is InChI=1S/C16H28BN3O2/c1-13-6-10-20(11-7-13)16(12-18-8-9-19-16)17-21-14(2,3)15(4,5)22-17/h8-9,12-13,19H,6-7,10-11H2,1-5H3. The van der Waals surface area contributed by atoms with E-state index < -0.39 is 5.56 Å². The van der Waals surface area contributed by atoms with Crippen LogP contribution in [0.5, 0.6) is 0 Å². The highest BCUT2D eigenvalue weighted by atomic mass is 16.7. The lowest BCUT2D eigenvalue weighted by Crippen LogP contribution is -2.70. The molecule has 1 unspecified atom stereocenters. The van der Waals surface area contributed by atoms with Crippen LogP contribution in [-0.2, 0) is 9.31 Å². The summed E-state index contributed by atoms with van der Waals surface area (Å²) in [5.41, 5.74) is -1.20. The summed E-state index contributed by atoms with van der Waals surface area (Å²) in [6, 6.07) is 0. The van der Waals surface area contributed by atoms with E-state index in [0.717, 1.165) is 19.0 Å². The lowest BCUT2D eigenvalue weighted by Gasteiger charge is -2.45. The number of hydrogen-bond donors (Lipinski definition) is 1. The van der Waals surface area contributed by atoms with Gasteiger partial charge in [0, 0.05) is 31.7 Å². The van der Waals surface area contributed by atoms with Crippen LogP contribution in [-0.4, -0.2) is 48.1 Å². The van der Waals surface area contributed by atoms with Gasteiger partial charge in [-0.15, -0.1) is 0 Å². The quantitative estimate of drug-likeness (QED) is 0.795. The van der Waals surface area contributed by atoms with Gasteiger partial charge in [-0.25, -0.2) is 0 Å². The average Bonchev–Trinajstić information content (AvgIpc) is 2.69. The summed E-state index contributed by atoms with van der Waals surface area (Å²) in [5.74, 6) is 0.780. The Balaban J connectivity index is 1.88. The van der Waals surface area contributed by atoms with E-state index in [1.807, 2.05) is 12.4 Å². The van der Waals surface area contributed by atoms with Crippen molar-refractivity contribution in [1.82, 2.24) is 10.2 Å². The van der Waals surface area contributed by atoms with E-state index in [-0.39, 0.29) is 18.3 Å². The Labute approximate surface area is 134 Å². The maximum Gasteiger partial charge on any atom is 0.507 e. The zero-order chi connectivity index (χ0) is 16.0. The van der Waals surface area contributed by atoms with E-state index in [9.17, 15) is 0 Å². The molecule has 3 aliphatic heterocycles. The maximum absolute atomic E-state index is 6.34. The SMILES string of the molecule is CC1CCN(C2(B3OC(C)(C)C(C)(C)O3)C=NC=CN2)CC1. The van der Waals surface area contributed by atoms with E-state index >= 15 is 0 Å². The molecule has 0 aromatic heterocycles. The van der Waals surface area contributed by atoms with E-state index in [1.165, 1.54) is 12.8 Å². The molecule has 122 valence electrons. The Morgan fingerprint density at radius 2 is 1.73 bits per heavy atom. The van der Waals surface area contributed by atoms with E-state index in [2.05, 4.69) is 49.8 Å². The largest absolute Gasteiger partial charge is 0.507 e. The molecule has 0 aromatic rings. The number of hydrogen-bond acceptors (Lipinski definition) is 5. The Kier molecular flexibility index (Phi) is 3.90. The molecule has 0 radical (unpaired) electrons. The van der Waals surface area contributed by atoms with Gasteiger partial charge in [0.15, 0.2) is 5.56 Å². The minimum Gasteiger partial charge on any atom is -0.401 e. The second-order valence-electron chi connectivity index (χ2n) is 7.82. The molecule has 0 bridgehead atoms. The minimum atomic E-state index is -0.514. The summed E-state index contributed by atoms with van der Waals surface area (Å²) in [4.78, 5) is 6.81. The summed E-state index contributed by atoms with van der Waals surface area (Å²) < 4.78 is 12.7. The van der Waals surface area contributed by atoms with Crippen molar-refractivity contribution in [2.75, 3.05) is 13.1 Å². The monoisotopic (exact) mass is 305 g/mol. The van der Waals surface area contributed by atoms with Crippen LogP contribution in [0.25, 0.3) is 0 Å². The van der Waals surface area contributed by atoms with Crippen molar-refractivity contribution in [3.8, 4) is 0 Å². The number of nitrogens with zero attached hydrogens (tertiary/aromatic N) is 2. The Bertz CT molecular complexity index is 468. The molecule has 0 aliphatic carbocycles. The summed E-state index contributed by atoms with van der Waals surface area (Å²) in [7, 11) is -0.375. The highest BCUT2D eigenvalue weighted by Gasteiger charge is 2.61. The normalized spacial score (nSPS) is 34.9. The first-order valence-corrected chi connectivity index (χ1v) is 8.35. The van der Waals surface area contributed by atoms with Crippen LogP contribution in [0.1, 0.15) is 47.5 Å². The lowest BCUT2D eigenvalue weighted by molar-refractivity contribution is 0.00578. The van der Waals surface area contributed by atoms with Crippen molar-refractivity contribution in [3.63, 3.8) is 0 Å². The van der Waals surface area contributed by atoms with Crippen LogP contribution < -0.4 is 5.32 Å². The molecule has 0 amide bonds. The fraction of sp³-hybridized carbons (Fsp3) is 0.812. The molecule has 2 saturated heterocycles. The van der Waals surface area contributed by atoms with Crippen molar-refractivity contribution in [3.05, 3.63) is 12.4 Å². The third-order valence-corrected chi connectivity index (χ3v) is 5.67. The number of piperidine rings is 1. The Morgan fingerprint density at radius 1 is 1.14 bits per heavy atom. The molecule has 1 N–H and O–H groups in total. The number of likely N-dealkylation sites (tertiary alicyclic amines) is 1. The number of rotatable bonds is 2. The maximum atomic E-state index is 6.34. The van der Waals surface area contributed by atoms with Gasteiger partial charge in [0.25, 0.3) is 0 Å². The van der Waals surface area contributed by atoms with Gasteiger partial charge < -0.3 is 14.6 Å². The van der Waals surface area contributed by atoms with Crippen molar-refractivity contribution in [2.24, 2.45) is 10.9 Å². The van der Waals surface area contributed by atoms with Gasteiger partial charge in [0.2, 0.25) is 0 Å². The molecule has 2 fully saturated rings. The second kappa shape index (κ2) is 5.36. The molecule has 0 saturated carbocycles. The molecule has 0 aromatic carbocycles. The summed E-state index contributed by atoms with van der Waals surface area (Å²) in [6.45, 7) is 12.7. The predicted octanol–water partition coefficient (Wildman–Crippen LogP) is 2.19. The van der Waals surface area contributed by atoms with Crippen LogP contribution in [0.2, 0.25) is 0 Å². The van der Waals surface area contributed by atoms with Gasteiger partial charge in [-0.2, -0.15) is 0 Å². The lowest BCUT2D eigenvalue weighted by atomic mass is 9.69. The molecule has 1 atom stereocenters. The van der Waals surface area contributed by atoms with Crippen LogP contribution in [0, 0.1) is 5.92 Å². The van der Waals surface area contributed by atoms with Crippen LogP contribution in [0.4, 0.5) is 0 Å². The van der Waals surface area contributed by atoms with Gasteiger partial charge in [0.1, 0.15) is 0 Å². The van der Waals surface area contributed by atoms with Crippen molar-refractivity contribution >= 4 is 13.3 Å². The predicted molar refractivity (Wildman–Crippen MR) is 89.6 cm³/mol. The molecule has 5 nitrogen and oxygen atoms in total. The fourth-order valence-electron chi connectivity index (χ4n) is 3.26. The fourth-order valence-corrected chi connectivity index (χ4v) is 3.26. The third kappa shape index (κ3) is 2.51. The van der Waals surface area contributed by atoms with Crippen molar-refractivity contribution < 1.29 is 9.31 Å². The van der Waals surface area contributed by atoms with Crippen molar-refractivity contribution in [1.29, 1.82) is 0 Å². The molecular formula is C16H28BN3O2. The highest BCUT2D eigenvalue weighted by Crippen LogP contribution is 2.41. The van der Waals surface area contributed by atoms with E-state index in [4.69, 9.17) is 9.31 Å². The Hall–Kier alpha value is -0.845. The molecule has 3 heterocycles. The molecule has 3 aliphatic rings. The molecule has 0 spiro atoms. The number of nitrogens with one attached hydrogen (secondary N) is 1. The summed E-state index contributed by atoms with van der Waals surface area (Å²) in [5, 5.41) is 3.48. The first-order valence-electron chi connectivity index (χ1n) is 8.35. The van der Waals surface area contributed by atoms with Gasteiger partial charge in [-0.1, -0.05) is 6.92 Å². The van der Waals surface area contributed by atoms with Gasteiger partial charge in [-0.3, -0.25) is 9.89 Å². The highest BCUT2D eigenvalue weighted by molar-refractivity contribution is 6.54. The van der Waals surface area contributed by atoms with Crippen LogP contribution in [0.15, 0.2) is 17.4 Å².